The van der Waals surface area contributed by atoms with Crippen LogP contribution in [0.3, 0.4) is 0 Å². The number of hydrogen-bond acceptors (Lipinski definition) is 8. The highest BCUT2D eigenvalue weighted by Gasteiger charge is 2.19. The fraction of sp³-hybridized carbons (Fsp3) is 0.115. The molecule has 6 heterocycles. The first-order chi connectivity index (χ1) is 17.5. The number of aromatic nitrogens is 6. The third-order valence-corrected chi connectivity index (χ3v) is 7.12. The normalized spacial score (nSPS) is 13.4. The fourth-order valence-corrected chi connectivity index (χ4v) is 4.95. The molecule has 0 fully saturated rings. The molecule has 9 nitrogen and oxygen atoms in total. The lowest BCUT2D eigenvalue weighted by Crippen LogP contribution is -2.09. The number of ketones is 1. The van der Waals surface area contributed by atoms with E-state index in [1.165, 1.54) is 11.3 Å². The van der Waals surface area contributed by atoms with E-state index < -0.39 is 0 Å². The monoisotopic (exact) mass is 494 g/mol. The minimum absolute atomic E-state index is 0.0355. The van der Waals surface area contributed by atoms with E-state index in [0.717, 1.165) is 44.1 Å². The second-order valence-corrected chi connectivity index (χ2v) is 9.67. The standard InChI is InChI=1S/C26H22N8OS/c1-14(35)20-6-7-21(36-20)24-22-18(9-11-28-24)30-26(31-22)25-23-19(32-33-25)5-4-17(29-23)15-12-16(34(2)3)8-10-27-13-15/h4-13,27H,1-3H3,(H,30,31)(H,32,33). The number of pyridine rings is 2. The Bertz CT molecular complexity index is 1730. The second kappa shape index (κ2) is 8.58. The van der Waals surface area contributed by atoms with Gasteiger partial charge >= 0.3 is 0 Å². The molecule has 0 spiro atoms. The number of rotatable bonds is 5. The van der Waals surface area contributed by atoms with Gasteiger partial charge in [-0.05, 0) is 49.4 Å². The van der Waals surface area contributed by atoms with Crippen molar-refractivity contribution >= 4 is 44.8 Å². The number of hydrogen-bond donors (Lipinski definition) is 3. The van der Waals surface area contributed by atoms with Crippen molar-refractivity contribution in [1.29, 1.82) is 0 Å². The number of carbonyl (C=O) groups excluding carboxylic acids is 1. The van der Waals surface area contributed by atoms with Crippen molar-refractivity contribution in [3.05, 3.63) is 77.3 Å². The van der Waals surface area contributed by atoms with Gasteiger partial charge in [0.05, 0.1) is 26.5 Å². The summed E-state index contributed by atoms with van der Waals surface area (Å²) in [7, 11) is 4.01. The highest BCUT2D eigenvalue weighted by Crippen LogP contribution is 2.33. The van der Waals surface area contributed by atoms with Crippen molar-refractivity contribution in [2.45, 2.75) is 6.92 Å². The summed E-state index contributed by atoms with van der Waals surface area (Å²) in [6, 6.07) is 9.56. The number of nitrogens with zero attached hydrogens (tertiary/aromatic N) is 5. The number of allylic oxidation sites excluding steroid dienone is 3. The van der Waals surface area contributed by atoms with Gasteiger partial charge in [0.2, 0.25) is 0 Å². The Morgan fingerprint density at radius 3 is 2.67 bits per heavy atom. The van der Waals surface area contributed by atoms with Crippen LogP contribution in [0, 0.1) is 0 Å². The molecule has 0 aliphatic carbocycles. The highest BCUT2D eigenvalue weighted by atomic mass is 32.1. The summed E-state index contributed by atoms with van der Waals surface area (Å²) in [5.41, 5.74) is 7.26. The van der Waals surface area contributed by atoms with Gasteiger partial charge in [0.1, 0.15) is 16.7 Å². The SMILES string of the molecule is CC(=O)c1ccc(-c2nccc3[nH]c(-c4n[nH]c5ccc(C6=CNC=CC(N(C)C)=C6)nc45)nc23)s1. The average molecular weight is 495 g/mol. The Morgan fingerprint density at radius 2 is 1.86 bits per heavy atom. The van der Waals surface area contributed by atoms with Gasteiger partial charge in [0.15, 0.2) is 17.3 Å². The summed E-state index contributed by atoms with van der Waals surface area (Å²) in [6.45, 7) is 1.56. The molecule has 0 amide bonds. The third kappa shape index (κ3) is 3.77. The largest absolute Gasteiger partial charge is 0.378 e. The van der Waals surface area contributed by atoms with Crippen molar-refractivity contribution in [3.8, 4) is 22.1 Å². The molecule has 6 rings (SSSR count). The number of aromatic amines is 2. The first-order valence-corrected chi connectivity index (χ1v) is 12.1. The van der Waals surface area contributed by atoms with Gasteiger partial charge in [-0.2, -0.15) is 5.10 Å². The highest BCUT2D eigenvalue weighted by molar-refractivity contribution is 7.17. The third-order valence-electron chi connectivity index (χ3n) is 5.92. The molecule has 5 aromatic rings. The van der Waals surface area contributed by atoms with Crippen molar-refractivity contribution in [3.63, 3.8) is 0 Å². The van der Waals surface area contributed by atoms with Crippen LogP contribution >= 0.6 is 11.3 Å². The molecule has 1 aliphatic heterocycles. The van der Waals surface area contributed by atoms with E-state index >= 15 is 0 Å². The first-order valence-electron chi connectivity index (χ1n) is 11.3. The number of thiophene rings is 1. The molecular formula is C26H22N8OS. The maximum atomic E-state index is 11.8. The van der Waals surface area contributed by atoms with Gasteiger partial charge in [-0.15, -0.1) is 11.3 Å². The zero-order valence-electron chi connectivity index (χ0n) is 19.8. The molecule has 36 heavy (non-hydrogen) atoms. The van der Waals surface area contributed by atoms with Crippen LogP contribution in [0.4, 0.5) is 0 Å². The van der Waals surface area contributed by atoms with Crippen molar-refractivity contribution in [2.75, 3.05) is 14.1 Å². The van der Waals surface area contributed by atoms with Gasteiger partial charge in [0.25, 0.3) is 0 Å². The lowest BCUT2D eigenvalue weighted by molar-refractivity contribution is 0.102. The zero-order chi connectivity index (χ0) is 24.8. The summed E-state index contributed by atoms with van der Waals surface area (Å²) in [4.78, 5) is 33.1. The molecule has 0 saturated carbocycles. The number of carbonyl (C=O) groups is 1. The quantitative estimate of drug-likeness (QED) is 0.303. The molecule has 10 heteroatoms. The fourth-order valence-electron chi connectivity index (χ4n) is 4.05. The van der Waals surface area contributed by atoms with Gasteiger partial charge in [-0.25, -0.2) is 9.97 Å². The molecular weight excluding hydrogens is 472 g/mol. The predicted molar refractivity (Wildman–Crippen MR) is 142 cm³/mol. The number of fused-ring (bicyclic) bond motifs is 2. The van der Waals surface area contributed by atoms with Crippen LogP contribution in [0.25, 0.3) is 49.7 Å². The lowest BCUT2D eigenvalue weighted by atomic mass is 10.1. The van der Waals surface area contributed by atoms with Crippen LogP contribution in [0.15, 0.2) is 66.8 Å². The maximum absolute atomic E-state index is 11.8. The van der Waals surface area contributed by atoms with E-state index in [1.807, 2.05) is 67.8 Å². The maximum Gasteiger partial charge on any atom is 0.169 e. The minimum Gasteiger partial charge on any atom is -0.378 e. The molecule has 0 bridgehead atoms. The van der Waals surface area contributed by atoms with Gasteiger partial charge in [-0.3, -0.25) is 14.9 Å². The molecule has 1 aliphatic rings. The summed E-state index contributed by atoms with van der Waals surface area (Å²) in [5, 5.41) is 10.8. The van der Waals surface area contributed by atoms with Crippen molar-refractivity contribution < 1.29 is 4.79 Å². The van der Waals surface area contributed by atoms with E-state index in [4.69, 9.17) is 9.97 Å². The number of Topliss-reactive ketones (excluding diaryl/α,β-unsaturated/α-hetero) is 1. The van der Waals surface area contributed by atoms with E-state index in [0.29, 0.717) is 21.9 Å². The molecule has 3 N–H and O–H groups in total. The molecule has 0 radical (unpaired) electrons. The minimum atomic E-state index is 0.0355. The van der Waals surface area contributed by atoms with Crippen molar-refractivity contribution in [2.24, 2.45) is 0 Å². The van der Waals surface area contributed by atoms with Crippen LogP contribution < -0.4 is 5.32 Å². The van der Waals surface area contributed by atoms with E-state index in [-0.39, 0.29) is 5.78 Å². The summed E-state index contributed by atoms with van der Waals surface area (Å²) < 4.78 is 0. The lowest BCUT2D eigenvalue weighted by Gasteiger charge is -2.13. The van der Waals surface area contributed by atoms with Crippen LogP contribution in [-0.2, 0) is 0 Å². The Morgan fingerprint density at radius 1 is 1.00 bits per heavy atom. The second-order valence-electron chi connectivity index (χ2n) is 8.59. The Hall–Kier alpha value is -4.57. The summed E-state index contributed by atoms with van der Waals surface area (Å²) >= 11 is 1.41. The van der Waals surface area contributed by atoms with E-state index in [2.05, 4.69) is 31.6 Å². The first kappa shape index (κ1) is 21.9. The Kier molecular flexibility index (Phi) is 5.23. The molecule has 5 aromatic heterocycles. The van der Waals surface area contributed by atoms with Crippen LogP contribution in [0.1, 0.15) is 22.3 Å². The molecule has 0 atom stereocenters. The topological polar surface area (TPSA) is 115 Å². The number of nitrogens with one attached hydrogen (secondary N) is 3. The molecule has 0 aromatic carbocycles. The van der Waals surface area contributed by atoms with E-state index in [1.54, 1.807) is 13.1 Å². The van der Waals surface area contributed by atoms with E-state index in [9.17, 15) is 4.79 Å². The zero-order valence-corrected chi connectivity index (χ0v) is 20.6. The van der Waals surface area contributed by atoms with Gasteiger partial charge in [0, 0.05) is 44.0 Å². The average Bonchev–Trinajstić information content (AvgIpc) is 3.57. The molecule has 0 saturated heterocycles. The smallest absolute Gasteiger partial charge is 0.169 e. The van der Waals surface area contributed by atoms with Crippen molar-refractivity contribution in [1.82, 2.24) is 40.3 Å². The number of H-pyrrole nitrogens is 2. The summed E-state index contributed by atoms with van der Waals surface area (Å²) in [5.74, 6) is 0.631. The Balaban J connectivity index is 1.44. The van der Waals surface area contributed by atoms with Crippen LogP contribution in [0.5, 0.6) is 0 Å². The number of likely N-dealkylation sites (N-methyl/N-ethyl adjacent to an activating group) is 1. The Labute approximate surface area is 210 Å². The predicted octanol–water partition coefficient (Wildman–Crippen LogP) is 4.73. The van der Waals surface area contributed by atoms with Gasteiger partial charge in [-0.1, -0.05) is 0 Å². The van der Waals surface area contributed by atoms with Crippen LogP contribution in [-0.4, -0.2) is 54.9 Å². The van der Waals surface area contributed by atoms with Gasteiger partial charge < -0.3 is 15.2 Å². The molecule has 0 unspecified atom stereocenters. The molecule has 178 valence electrons. The van der Waals surface area contributed by atoms with Crippen LogP contribution in [0.2, 0.25) is 0 Å². The summed E-state index contributed by atoms with van der Waals surface area (Å²) in [6.07, 6.45) is 9.65. The number of imidazole rings is 1.